The summed E-state index contributed by atoms with van der Waals surface area (Å²) in [6.45, 7) is 2.97. The third kappa shape index (κ3) is 3.12. The normalized spacial score (nSPS) is 28.5. The zero-order chi connectivity index (χ0) is 12.3. The maximum atomic E-state index is 12.8. The van der Waals surface area contributed by atoms with E-state index in [-0.39, 0.29) is 5.83 Å². The monoisotopic (exact) mass is 242 g/mol. The third-order valence-corrected chi connectivity index (χ3v) is 3.91. The summed E-state index contributed by atoms with van der Waals surface area (Å²) in [5.74, 6) is 0.155. The molecule has 17 heavy (non-hydrogen) atoms. The van der Waals surface area contributed by atoms with Gasteiger partial charge in [0, 0.05) is 18.8 Å². The van der Waals surface area contributed by atoms with Gasteiger partial charge in [0.2, 0.25) is 0 Å². The summed E-state index contributed by atoms with van der Waals surface area (Å²) in [5, 5.41) is 3.31. The van der Waals surface area contributed by atoms with E-state index in [0.717, 1.165) is 32.1 Å². The molecule has 2 nitrogen and oxygen atoms in total. The van der Waals surface area contributed by atoms with Gasteiger partial charge in [0.1, 0.15) is 12.5 Å². The Kier molecular flexibility index (Phi) is 3.92. The van der Waals surface area contributed by atoms with E-state index >= 15 is 0 Å². The quantitative estimate of drug-likeness (QED) is 0.753. The highest BCUT2D eigenvalue weighted by molar-refractivity contribution is 5.86. The molecule has 0 aromatic heterocycles. The minimum absolute atomic E-state index is 0.373. The van der Waals surface area contributed by atoms with Gasteiger partial charge in [-0.15, -0.1) is 0 Å². The van der Waals surface area contributed by atoms with Crippen LogP contribution in [0.1, 0.15) is 32.6 Å². The highest BCUT2D eigenvalue weighted by atomic mass is 19.1. The fourth-order valence-electron chi connectivity index (χ4n) is 2.96. The Balaban J connectivity index is 1.87. The van der Waals surface area contributed by atoms with Crippen molar-refractivity contribution < 1.29 is 8.78 Å². The maximum Gasteiger partial charge on any atom is 0.128 e. The summed E-state index contributed by atoms with van der Waals surface area (Å²) in [4.78, 5) is 3.89. The number of hydrogen-bond acceptors (Lipinski definition) is 2. The van der Waals surface area contributed by atoms with Crippen molar-refractivity contribution in [2.75, 3.05) is 19.8 Å². The first-order valence-corrected chi connectivity index (χ1v) is 6.28. The van der Waals surface area contributed by atoms with Crippen LogP contribution in [0.2, 0.25) is 0 Å². The van der Waals surface area contributed by atoms with Crippen molar-refractivity contribution in [2.45, 2.75) is 32.6 Å². The molecule has 0 aromatic carbocycles. The number of allylic oxidation sites excluding steroid dienone is 1. The first-order valence-electron chi connectivity index (χ1n) is 6.28. The molecule has 1 N–H and O–H groups in total. The van der Waals surface area contributed by atoms with Crippen molar-refractivity contribution in [1.29, 1.82) is 0 Å². The van der Waals surface area contributed by atoms with Crippen LogP contribution in [0, 0.1) is 11.3 Å². The van der Waals surface area contributed by atoms with Crippen molar-refractivity contribution in [2.24, 2.45) is 16.3 Å². The van der Waals surface area contributed by atoms with Crippen molar-refractivity contribution in [1.82, 2.24) is 5.32 Å². The Morgan fingerprint density at radius 3 is 2.76 bits per heavy atom. The van der Waals surface area contributed by atoms with Crippen LogP contribution >= 0.6 is 0 Å². The van der Waals surface area contributed by atoms with E-state index in [1.165, 1.54) is 13.3 Å². The number of hydrogen-bond donors (Lipinski definition) is 1. The van der Waals surface area contributed by atoms with E-state index in [1.54, 1.807) is 0 Å². The third-order valence-electron chi connectivity index (χ3n) is 3.91. The van der Waals surface area contributed by atoms with Crippen LogP contribution in [0.25, 0.3) is 0 Å². The first-order chi connectivity index (χ1) is 8.13. The van der Waals surface area contributed by atoms with Gasteiger partial charge in [-0.25, -0.2) is 8.78 Å². The number of nitrogens with one attached hydrogen (secondary N) is 1. The molecule has 1 atom stereocenters. The predicted octanol–water partition coefficient (Wildman–Crippen LogP) is 3.01. The summed E-state index contributed by atoms with van der Waals surface area (Å²) in [6, 6.07) is 0. The molecule has 96 valence electrons. The summed E-state index contributed by atoms with van der Waals surface area (Å²) in [6.07, 6.45) is 5.35. The zero-order valence-corrected chi connectivity index (χ0v) is 10.3. The smallest absolute Gasteiger partial charge is 0.128 e. The molecule has 2 fully saturated rings. The fraction of sp³-hybridized carbons (Fsp3) is 0.769. The molecule has 1 saturated heterocycles. The number of rotatable bonds is 4. The molecule has 2 rings (SSSR count). The van der Waals surface area contributed by atoms with Gasteiger partial charge >= 0.3 is 0 Å². The molecule has 0 radical (unpaired) electrons. The highest BCUT2D eigenvalue weighted by Gasteiger charge is 2.43. The van der Waals surface area contributed by atoms with Gasteiger partial charge in [-0.1, -0.05) is 0 Å². The van der Waals surface area contributed by atoms with E-state index in [9.17, 15) is 8.78 Å². The predicted molar refractivity (Wildman–Crippen MR) is 65.5 cm³/mol. The second-order valence-electron chi connectivity index (χ2n) is 5.46. The lowest BCUT2D eigenvalue weighted by Crippen LogP contribution is -2.51. The molecule has 0 amide bonds. The topological polar surface area (TPSA) is 24.4 Å². The molecular weight excluding hydrogens is 222 g/mol. The summed E-state index contributed by atoms with van der Waals surface area (Å²) >= 11 is 0. The van der Waals surface area contributed by atoms with E-state index in [2.05, 4.69) is 10.3 Å². The fourth-order valence-corrected chi connectivity index (χ4v) is 2.96. The Morgan fingerprint density at radius 2 is 2.29 bits per heavy atom. The van der Waals surface area contributed by atoms with E-state index in [4.69, 9.17) is 0 Å². The van der Waals surface area contributed by atoms with Gasteiger partial charge in [0.25, 0.3) is 0 Å². The lowest BCUT2D eigenvalue weighted by molar-refractivity contribution is 0.170. The highest BCUT2D eigenvalue weighted by Crippen LogP contribution is 2.45. The van der Waals surface area contributed by atoms with Crippen molar-refractivity contribution >= 4 is 5.71 Å². The Labute approximate surface area is 101 Å². The summed E-state index contributed by atoms with van der Waals surface area (Å²) < 4.78 is 25.3. The lowest BCUT2D eigenvalue weighted by Gasteiger charge is -2.39. The van der Waals surface area contributed by atoms with Gasteiger partial charge in [-0.05, 0) is 43.9 Å². The Hall–Kier alpha value is -0.770. The molecular formula is C13H20F2N2. The average Bonchev–Trinajstić information content (AvgIpc) is 2.68. The van der Waals surface area contributed by atoms with Crippen LogP contribution in [0.3, 0.4) is 0 Å². The Morgan fingerprint density at radius 1 is 1.53 bits per heavy atom. The van der Waals surface area contributed by atoms with Crippen LogP contribution in [-0.4, -0.2) is 25.5 Å². The number of aliphatic imine (C=N–C) groups is 1. The summed E-state index contributed by atoms with van der Waals surface area (Å²) in [5.41, 5.74) is 0.967. The van der Waals surface area contributed by atoms with Gasteiger partial charge in [0.15, 0.2) is 0 Å². The SMILES string of the molecule is C/C(F)=C\N=C(CF)CC1CCC2(CNC2)C1. The lowest BCUT2D eigenvalue weighted by atomic mass is 9.79. The van der Waals surface area contributed by atoms with Crippen molar-refractivity contribution in [3.63, 3.8) is 0 Å². The molecule has 1 aliphatic heterocycles. The van der Waals surface area contributed by atoms with Crippen LogP contribution in [0.15, 0.2) is 17.0 Å². The second-order valence-corrected chi connectivity index (χ2v) is 5.46. The Bertz CT molecular complexity index is 328. The van der Waals surface area contributed by atoms with Crippen molar-refractivity contribution in [3.8, 4) is 0 Å². The number of alkyl halides is 1. The molecule has 1 aliphatic carbocycles. The number of halogens is 2. The minimum atomic E-state index is -0.564. The first kappa shape index (κ1) is 12.7. The van der Waals surface area contributed by atoms with E-state index in [0.29, 0.717) is 23.5 Å². The average molecular weight is 242 g/mol. The van der Waals surface area contributed by atoms with E-state index < -0.39 is 6.67 Å². The minimum Gasteiger partial charge on any atom is -0.316 e. The van der Waals surface area contributed by atoms with E-state index in [1.807, 2.05) is 0 Å². The van der Waals surface area contributed by atoms with Crippen LogP contribution in [0.4, 0.5) is 8.78 Å². The second kappa shape index (κ2) is 5.25. The van der Waals surface area contributed by atoms with Gasteiger partial charge in [-0.3, -0.25) is 4.99 Å². The molecule has 1 saturated carbocycles. The van der Waals surface area contributed by atoms with Crippen LogP contribution in [0.5, 0.6) is 0 Å². The van der Waals surface area contributed by atoms with Crippen molar-refractivity contribution in [3.05, 3.63) is 12.0 Å². The largest absolute Gasteiger partial charge is 0.316 e. The van der Waals surface area contributed by atoms with Gasteiger partial charge in [-0.2, -0.15) is 0 Å². The zero-order valence-electron chi connectivity index (χ0n) is 10.3. The molecule has 1 unspecified atom stereocenters. The van der Waals surface area contributed by atoms with Crippen LogP contribution in [-0.2, 0) is 0 Å². The molecule has 1 heterocycles. The van der Waals surface area contributed by atoms with Gasteiger partial charge in [0.05, 0.1) is 6.20 Å². The standard InChI is InChI=1S/C13H20F2N2/c1-10(15)7-17-12(6-14)4-11-2-3-13(5-11)8-16-9-13/h7,11,16H,2-6,8-9H2,1H3/b10-7+,17-12?. The molecule has 1 spiro atoms. The molecule has 4 heteroatoms. The number of nitrogens with zero attached hydrogens (tertiary/aromatic N) is 1. The molecule has 0 bridgehead atoms. The van der Waals surface area contributed by atoms with Crippen LogP contribution < -0.4 is 5.32 Å². The molecule has 2 aliphatic rings. The maximum absolute atomic E-state index is 12.8. The molecule has 0 aromatic rings. The summed E-state index contributed by atoms with van der Waals surface area (Å²) in [7, 11) is 0. The van der Waals surface area contributed by atoms with Gasteiger partial charge < -0.3 is 5.32 Å².